The third-order valence-corrected chi connectivity index (χ3v) is 4.90. The first-order valence-corrected chi connectivity index (χ1v) is 9.19. The Balaban J connectivity index is 2.11. The summed E-state index contributed by atoms with van der Waals surface area (Å²) in [5, 5.41) is 5.78. The maximum atomic E-state index is 13.3. The molecule has 0 atom stereocenters. The van der Waals surface area contributed by atoms with Crippen LogP contribution >= 0.6 is 23.2 Å². The Morgan fingerprint density at radius 1 is 1.16 bits per heavy atom. The number of nitrogen functional groups attached to an aromatic ring is 1. The molecule has 0 aliphatic rings. The van der Waals surface area contributed by atoms with Crippen LogP contribution in [0.4, 0.5) is 18.9 Å². The van der Waals surface area contributed by atoms with E-state index in [-0.39, 0.29) is 27.1 Å². The normalized spacial score (nSPS) is 11.3. The second-order valence-electron chi connectivity index (χ2n) is 6.18. The standard InChI is InChI=1S/C18H13Cl2F3N6O2/c1-8-4-5-10(13(14(8)20)17(31)27-24)26-16(30)11-7-12(18(21,22)23)28-29(11)15-9(19)3-2-6-25-15/h2-7H,24H2,1H3,(H,26,30)(H,27,31). The van der Waals surface area contributed by atoms with Crippen LogP contribution in [0.1, 0.15) is 32.1 Å². The van der Waals surface area contributed by atoms with Crippen molar-refractivity contribution in [3.8, 4) is 5.82 Å². The summed E-state index contributed by atoms with van der Waals surface area (Å²) < 4.78 is 40.4. The van der Waals surface area contributed by atoms with E-state index in [0.29, 0.717) is 16.3 Å². The van der Waals surface area contributed by atoms with Gasteiger partial charge in [0.15, 0.2) is 11.5 Å². The SMILES string of the molecule is Cc1ccc(NC(=O)c2cc(C(F)(F)F)nn2-c2ncccc2Cl)c(C(=O)NN)c1Cl. The van der Waals surface area contributed by atoms with Crippen LogP contribution in [0.25, 0.3) is 5.82 Å². The largest absolute Gasteiger partial charge is 0.435 e. The molecule has 8 nitrogen and oxygen atoms in total. The molecule has 0 bridgehead atoms. The number of aryl methyl sites for hydroxylation is 1. The van der Waals surface area contributed by atoms with Crippen LogP contribution in [0.2, 0.25) is 10.0 Å². The zero-order valence-corrected chi connectivity index (χ0v) is 17.1. The van der Waals surface area contributed by atoms with Crippen molar-refractivity contribution < 1.29 is 22.8 Å². The number of hydrogen-bond acceptors (Lipinski definition) is 5. The smallest absolute Gasteiger partial charge is 0.320 e. The number of carbonyl (C=O) groups excluding carboxylic acids is 2. The first-order chi connectivity index (χ1) is 14.5. The molecule has 2 amide bonds. The van der Waals surface area contributed by atoms with Crippen LogP contribution in [0.15, 0.2) is 36.5 Å². The number of nitrogens with zero attached hydrogens (tertiary/aromatic N) is 3. The number of rotatable bonds is 4. The van der Waals surface area contributed by atoms with Gasteiger partial charge in [0.05, 0.1) is 21.3 Å². The Morgan fingerprint density at radius 3 is 2.48 bits per heavy atom. The molecule has 0 radical (unpaired) electrons. The molecule has 0 saturated carbocycles. The third kappa shape index (κ3) is 4.48. The highest BCUT2D eigenvalue weighted by Gasteiger charge is 2.36. The van der Waals surface area contributed by atoms with Crippen molar-refractivity contribution in [2.75, 3.05) is 5.32 Å². The molecule has 31 heavy (non-hydrogen) atoms. The number of hydrogen-bond donors (Lipinski definition) is 3. The molecule has 0 spiro atoms. The van der Waals surface area contributed by atoms with Crippen molar-refractivity contribution in [3.63, 3.8) is 0 Å². The molecular weight excluding hydrogens is 460 g/mol. The molecular formula is C18H13Cl2F3N6O2. The summed E-state index contributed by atoms with van der Waals surface area (Å²) in [6.45, 7) is 1.62. The molecule has 0 unspecified atom stereocenters. The summed E-state index contributed by atoms with van der Waals surface area (Å²) in [6.07, 6.45) is -3.55. The van der Waals surface area contributed by atoms with Gasteiger partial charge in [-0.25, -0.2) is 15.5 Å². The number of halogens is 5. The van der Waals surface area contributed by atoms with Crippen LogP contribution in [-0.2, 0) is 6.18 Å². The minimum Gasteiger partial charge on any atom is -0.320 e. The molecule has 4 N–H and O–H groups in total. The average Bonchev–Trinajstić information content (AvgIpc) is 3.16. The van der Waals surface area contributed by atoms with Crippen molar-refractivity contribution in [1.29, 1.82) is 0 Å². The predicted molar refractivity (Wildman–Crippen MR) is 107 cm³/mol. The fraction of sp³-hybridized carbons (Fsp3) is 0.111. The lowest BCUT2D eigenvalue weighted by molar-refractivity contribution is -0.141. The monoisotopic (exact) mass is 472 g/mol. The van der Waals surface area contributed by atoms with Crippen molar-refractivity contribution in [2.45, 2.75) is 13.1 Å². The van der Waals surface area contributed by atoms with Gasteiger partial charge in [0.2, 0.25) is 0 Å². The van der Waals surface area contributed by atoms with E-state index in [2.05, 4.69) is 15.4 Å². The number of benzene rings is 1. The van der Waals surface area contributed by atoms with Gasteiger partial charge in [0, 0.05) is 12.3 Å². The summed E-state index contributed by atoms with van der Waals surface area (Å²) in [4.78, 5) is 28.9. The van der Waals surface area contributed by atoms with Gasteiger partial charge in [0.1, 0.15) is 5.69 Å². The lowest BCUT2D eigenvalue weighted by Gasteiger charge is -2.14. The second kappa shape index (κ2) is 8.53. The summed E-state index contributed by atoms with van der Waals surface area (Å²) in [5.74, 6) is 3.16. The topological polar surface area (TPSA) is 115 Å². The number of nitrogens with two attached hydrogens (primary N) is 1. The molecule has 0 aliphatic carbocycles. The van der Waals surface area contributed by atoms with Gasteiger partial charge in [-0.1, -0.05) is 29.3 Å². The fourth-order valence-corrected chi connectivity index (χ4v) is 3.09. The third-order valence-electron chi connectivity index (χ3n) is 4.11. The molecule has 1 aromatic carbocycles. The number of hydrazine groups is 1. The predicted octanol–water partition coefficient (Wildman–Crippen LogP) is 3.76. The molecule has 2 heterocycles. The number of aromatic nitrogens is 3. The lowest BCUT2D eigenvalue weighted by atomic mass is 10.1. The first kappa shape index (κ1) is 22.5. The molecule has 162 valence electrons. The van der Waals surface area contributed by atoms with Crippen LogP contribution in [-0.4, -0.2) is 26.6 Å². The highest BCUT2D eigenvalue weighted by atomic mass is 35.5. The van der Waals surface area contributed by atoms with Crippen LogP contribution in [0.5, 0.6) is 0 Å². The van der Waals surface area contributed by atoms with Crippen molar-refractivity contribution in [2.24, 2.45) is 5.84 Å². The van der Waals surface area contributed by atoms with E-state index >= 15 is 0 Å². The minimum atomic E-state index is -4.83. The molecule has 2 aromatic heterocycles. The van der Waals surface area contributed by atoms with E-state index in [0.717, 1.165) is 0 Å². The molecule has 3 aromatic rings. The van der Waals surface area contributed by atoms with Gasteiger partial charge in [-0.3, -0.25) is 15.0 Å². The molecule has 0 fully saturated rings. The van der Waals surface area contributed by atoms with Gasteiger partial charge in [-0.15, -0.1) is 0 Å². The number of alkyl halides is 3. The van der Waals surface area contributed by atoms with Crippen LogP contribution < -0.4 is 16.6 Å². The van der Waals surface area contributed by atoms with Crippen LogP contribution in [0, 0.1) is 6.92 Å². The van der Waals surface area contributed by atoms with Gasteiger partial charge in [-0.05, 0) is 30.7 Å². The van der Waals surface area contributed by atoms with E-state index < -0.39 is 29.4 Å². The van der Waals surface area contributed by atoms with E-state index in [1.165, 1.54) is 30.5 Å². The van der Waals surface area contributed by atoms with Gasteiger partial charge in [-0.2, -0.15) is 18.3 Å². The second-order valence-corrected chi connectivity index (χ2v) is 6.96. The molecule has 3 rings (SSSR count). The van der Waals surface area contributed by atoms with Gasteiger partial charge in [0.25, 0.3) is 11.8 Å². The zero-order chi connectivity index (χ0) is 22.9. The maximum absolute atomic E-state index is 13.3. The Hall–Kier alpha value is -3.15. The minimum absolute atomic E-state index is 0.0120. The summed E-state index contributed by atoms with van der Waals surface area (Å²) in [6, 6.07) is 6.26. The summed E-state index contributed by atoms with van der Waals surface area (Å²) >= 11 is 12.2. The van der Waals surface area contributed by atoms with E-state index in [9.17, 15) is 22.8 Å². The van der Waals surface area contributed by atoms with Crippen molar-refractivity contribution in [1.82, 2.24) is 20.2 Å². The fourth-order valence-electron chi connectivity index (χ4n) is 2.64. The number of carbonyl (C=O) groups is 2. The Labute approximate surface area is 183 Å². The van der Waals surface area contributed by atoms with Crippen molar-refractivity contribution >= 4 is 40.7 Å². The summed E-state index contributed by atoms with van der Waals surface area (Å²) in [7, 11) is 0. The van der Waals surface area contributed by atoms with E-state index in [1.54, 1.807) is 6.92 Å². The lowest BCUT2D eigenvalue weighted by Crippen LogP contribution is -2.31. The first-order valence-electron chi connectivity index (χ1n) is 8.44. The quantitative estimate of drug-likeness (QED) is 0.303. The Kier molecular flexibility index (Phi) is 6.20. The Morgan fingerprint density at radius 2 is 1.87 bits per heavy atom. The molecule has 13 heteroatoms. The molecule has 0 aliphatic heterocycles. The van der Waals surface area contributed by atoms with Gasteiger partial charge < -0.3 is 5.32 Å². The summed E-state index contributed by atoms with van der Waals surface area (Å²) in [5.41, 5.74) is 0.334. The van der Waals surface area contributed by atoms with E-state index in [4.69, 9.17) is 29.0 Å². The van der Waals surface area contributed by atoms with Gasteiger partial charge >= 0.3 is 6.18 Å². The number of amides is 2. The Bertz CT molecular complexity index is 1180. The zero-order valence-electron chi connectivity index (χ0n) is 15.6. The van der Waals surface area contributed by atoms with Crippen LogP contribution in [0.3, 0.4) is 0 Å². The number of pyridine rings is 1. The van der Waals surface area contributed by atoms with Crippen molar-refractivity contribution in [3.05, 3.63) is 69.1 Å². The average molecular weight is 473 g/mol. The number of nitrogens with one attached hydrogen (secondary N) is 2. The van der Waals surface area contributed by atoms with E-state index in [1.807, 2.05) is 5.43 Å². The molecule has 0 saturated heterocycles. The highest BCUT2D eigenvalue weighted by Crippen LogP contribution is 2.32. The number of anilines is 1. The highest BCUT2D eigenvalue weighted by molar-refractivity contribution is 6.35. The maximum Gasteiger partial charge on any atom is 0.435 e.